The Labute approximate surface area is 183 Å². The molecule has 139 valence electrons. The van der Waals surface area contributed by atoms with Crippen LogP contribution in [0.15, 0.2) is 66.2 Å². The minimum atomic E-state index is 0.514. The van der Waals surface area contributed by atoms with E-state index in [4.69, 9.17) is 0 Å². The summed E-state index contributed by atoms with van der Waals surface area (Å²) in [6.45, 7) is 2.53. The van der Waals surface area contributed by atoms with Gasteiger partial charge in [-0.25, -0.2) is 0 Å². The Morgan fingerprint density at radius 2 is 1.57 bits per heavy atom. The second kappa shape index (κ2) is 7.42. The third kappa shape index (κ3) is 3.27. The van der Waals surface area contributed by atoms with Crippen molar-refractivity contribution in [2.75, 3.05) is 0 Å². The Bertz CT molecular complexity index is 1050. The maximum atomic E-state index is 2.56. The topological polar surface area (TPSA) is 0 Å². The Hall–Kier alpha value is -1.46. The molecule has 0 spiro atoms. The third-order valence-corrected chi connectivity index (χ3v) is 8.60. The van der Waals surface area contributed by atoms with E-state index in [9.17, 15) is 0 Å². The van der Waals surface area contributed by atoms with Gasteiger partial charge in [0.05, 0.1) is 0 Å². The van der Waals surface area contributed by atoms with Gasteiger partial charge >= 0.3 is 185 Å². The molecule has 0 bridgehead atoms. The van der Waals surface area contributed by atoms with E-state index >= 15 is 0 Å². The zero-order valence-corrected chi connectivity index (χ0v) is 19.1. The zero-order chi connectivity index (χ0) is 19.1. The molecule has 28 heavy (non-hydrogen) atoms. The van der Waals surface area contributed by atoms with Crippen LogP contribution < -0.4 is 0 Å². The fraction of sp³-hybridized carbons (Fsp3) is 0.333. The summed E-state index contributed by atoms with van der Waals surface area (Å²) in [4.78, 5) is 0. The molecule has 0 radical (unpaired) electrons. The summed E-state index contributed by atoms with van der Waals surface area (Å²) >= 11 is 1.63. The van der Waals surface area contributed by atoms with E-state index in [0.717, 1.165) is 0 Å². The van der Waals surface area contributed by atoms with Crippen molar-refractivity contribution in [3.63, 3.8) is 0 Å². The van der Waals surface area contributed by atoms with Crippen LogP contribution in [0.2, 0.25) is 0 Å². The van der Waals surface area contributed by atoms with Gasteiger partial charge in [0.2, 0.25) is 0 Å². The van der Waals surface area contributed by atoms with Crippen LogP contribution in [0, 0.1) is 5.41 Å². The van der Waals surface area contributed by atoms with E-state index < -0.39 is 0 Å². The second-order valence-corrected chi connectivity index (χ2v) is 10.5. The van der Waals surface area contributed by atoms with Crippen molar-refractivity contribution >= 4 is 16.8 Å². The van der Waals surface area contributed by atoms with Crippen LogP contribution in [0.3, 0.4) is 0 Å². The van der Waals surface area contributed by atoms with E-state index in [-0.39, 0.29) is 0 Å². The van der Waals surface area contributed by atoms with E-state index in [2.05, 4.69) is 73.7 Å². The van der Waals surface area contributed by atoms with Crippen molar-refractivity contribution in [2.45, 2.75) is 49.1 Å². The molecule has 2 aliphatic carbocycles. The maximum absolute atomic E-state index is 2.56. The van der Waals surface area contributed by atoms with E-state index in [1.165, 1.54) is 66.0 Å². The fourth-order valence-electron chi connectivity index (χ4n) is 5.39. The molecule has 0 aromatic heterocycles. The number of allylic oxidation sites excluding steroid dienone is 1. The van der Waals surface area contributed by atoms with Crippen LogP contribution in [0.5, 0.6) is 0 Å². The first kappa shape index (κ1) is 18.6. The van der Waals surface area contributed by atoms with Gasteiger partial charge in [-0.15, -0.1) is 0 Å². The van der Waals surface area contributed by atoms with Gasteiger partial charge in [0.1, 0.15) is 0 Å². The summed E-state index contributed by atoms with van der Waals surface area (Å²) in [6, 6.07) is 22.5. The molecule has 1 unspecified atom stereocenters. The molecular weight excluding hydrogens is 416 g/mol. The summed E-state index contributed by atoms with van der Waals surface area (Å²) in [5, 5.41) is 2.69. The summed E-state index contributed by atoms with van der Waals surface area (Å²) in [6.07, 6.45) is 10.9. The van der Waals surface area contributed by atoms with Crippen molar-refractivity contribution in [1.29, 1.82) is 0 Å². The molecule has 0 nitrogen and oxygen atoms in total. The van der Waals surface area contributed by atoms with Gasteiger partial charge in [-0.1, -0.05) is 0 Å². The number of hydrogen-bond acceptors (Lipinski definition) is 0. The van der Waals surface area contributed by atoms with Crippen LogP contribution in [0.4, 0.5) is 0 Å². The number of hydrogen-bond donors (Lipinski definition) is 0. The molecule has 0 aliphatic heterocycles. The molecule has 1 fully saturated rings. The van der Waals surface area contributed by atoms with Crippen molar-refractivity contribution < 1.29 is 24.7 Å². The Balaban J connectivity index is 1.58. The molecule has 0 amide bonds. The van der Waals surface area contributed by atoms with E-state index in [1.54, 1.807) is 35.9 Å². The van der Waals surface area contributed by atoms with Gasteiger partial charge in [-0.3, -0.25) is 0 Å². The average Bonchev–Trinajstić information content (AvgIpc) is 3.03. The summed E-state index contributed by atoms with van der Waals surface area (Å²) in [7, 11) is 0. The van der Waals surface area contributed by atoms with Gasteiger partial charge in [0.15, 0.2) is 0 Å². The monoisotopic (exact) mass is 441 g/mol. The molecule has 0 heterocycles. The fourth-order valence-corrected chi connectivity index (χ4v) is 6.46. The molecule has 5 rings (SSSR count). The standard InChI is InChI=1S/C27H27.Zr/c1-27(15-5-2-6-16-27)19-20-17-22-11-8-14-25(26(22)18-20)24-13-7-10-21-9-3-4-12-23(21)24;/h3-4,7-14,17-18H,2,5-6,15-16,19H2,1H3;. The Morgan fingerprint density at radius 1 is 0.857 bits per heavy atom. The van der Waals surface area contributed by atoms with Crippen molar-refractivity contribution in [3.8, 4) is 11.1 Å². The average molecular weight is 443 g/mol. The first-order valence-electron chi connectivity index (χ1n) is 10.7. The summed E-state index contributed by atoms with van der Waals surface area (Å²) in [5.41, 5.74) is 8.02. The molecule has 0 N–H and O–H groups in total. The number of benzene rings is 3. The third-order valence-electron chi connectivity index (χ3n) is 6.92. The predicted molar refractivity (Wildman–Crippen MR) is 116 cm³/mol. The van der Waals surface area contributed by atoms with Crippen LogP contribution in [0.25, 0.3) is 28.0 Å². The van der Waals surface area contributed by atoms with Crippen LogP contribution in [-0.2, 0) is 24.7 Å². The predicted octanol–water partition coefficient (Wildman–Crippen LogP) is 7.85. The molecule has 1 atom stereocenters. The quantitative estimate of drug-likeness (QED) is 0.387. The van der Waals surface area contributed by atoms with Gasteiger partial charge < -0.3 is 0 Å². The molecular formula is C27H27Zr. The molecule has 1 heteroatoms. The van der Waals surface area contributed by atoms with Crippen molar-refractivity contribution in [1.82, 2.24) is 0 Å². The van der Waals surface area contributed by atoms with Crippen LogP contribution in [-0.4, -0.2) is 0 Å². The van der Waals surface area contributed by atoms with Gasteiger partial charge in [0, 0.05) is 0 Å². The summed E-state index contributed by atoms with van der Waals surface area (Å²) in [5.74, 6) is 0. The van der Waals surface area contributed by atoms with Gasteiger partial charge in [0.25, 0.3) is 0 Å². The molecule has 2 aliphatic rings. The van der Waals surface area contributed by atoms with Gasteiger partial charge in [-0.2, -0.15) is 0 Å². The zero-order valence-electron chi connectivity index (χ0n) is 16.7. The normalized spacial score (nSPS) is 20.7. The van der Waals surface area contributed by atoms with Crippen molar-refractivity contribution in [3.05, 3.63) is 77.4 Å². The SMILES string of the molecule is CC1(CC2=Cc3c(-c4cccc5ccccc45)cccc3[CH]2[Zr])CCCCC1. The number of rotatable bonds is 3. The number of fused-ring (bicyclic) bond motifs is 2. The molecule has 3 aromatic rings. The molecule has 1 saturated carbocycles. The minimum absolute atomic E-state index is 0.514. The first-order valence-corrected chi connectivity index (χ1v) is 12.1. The molecule has 3 aromatic carbocycles. The first-order chi connectivity index (χ1) is 13.6. The van der Waals surface area contributed by atoms with Crippen LogP contribution in [0.1, 0.15) is 60.2 Å². The van der Waals surface area contributed by atoms with Gasteiger partial charge in [-0.05, 0) is 0 Å². The van der Waals surface area contributed by atoms with E-state index in [0.29, 0.717) is 9.04 Å². The van der Waals surface area contributed by atoms with Crippen molar-refractivity contribution in [2.24, 2.45) is 5.41 Å². The Morgan fingerprint density at radius 3 is 2.43 bits per heavy atom. The second-order valence-electron chi connectivity index (χ2n) is 9.04. The Kier molecular flexibility index (Phi) is 4.92. The van der Waals surface area contributed by atoms with E-state index in [1.807, 2.05) is 0 Å². The van der Waals surface area contributed by atoms with Crippen LogP contribution >= 0.6 is 0 Å². The summed E-state index contributed by atoms with van der Waals surface area (Å²) < 4.78 is 0.635. The molecule has 0 saturated heterocycles.